The quantitative estimate of drug-likeness (QED) is 0.681. The predicted octanol–water partition coefficient (Wildman–Crippen LogP) is -0.0251. The Labute approximate surface area is 83.6 Å². The van der Waals surface area contributed by atoms with Gasteiger partial charge in [0, 0.05) is 6.20 Å². The van der Waals surface area contributed by atoms with E-state index in [2.05, 4.69) is 4.98 Å². The number of nitrogens with two attached hydrogens (primary N) is 1. The number of hydrogen-bond donors (Lipinski definition) is 2. The van der Waals surface area contributed by atoms with Gasteiger partial charge in [-0.2, -0.15) is 0 Å². The van der Waals surface area contributed by atoms with Crippen molar-refractivity contribution in [3.05, 3.63) is 40.4 Å². The molecule has 0 fully saturated rings. The highest BCUT2D eigenvalue weighted by atomic mass is 16.4. The molecule has 0 saturated heterocycles. The summed E-state index contributed by atoms with van der Waals surface area (Å²) in [5, 5.41) is 8.73. The van der Waals surface area contributed by atoms with E-state index in [1.807, 2.05) is 0 Å². The number of aromatic carboxylic acids is 1. The van der Waals surface area contributed by atoms with E-state index < -0.39 is 11.5 Å². The Morgan fingerprint density at radius 2 is 2.27 bits per heavy atom. The summed E-state index contributed by atoms with van der Waals surface area (Å²) in [5.41, 5.74) is 5.32. The number of nitrogen functional groups attached to an aromatic ring is 1. The SMILES string of the molecule is Nc1cnc2cc(C(=O)O)ccn2c1=O. The fourth-order valence-corrected chi connectivity index (χ4v) is 1.22. The molecule has 0 radical (unpaired) electrons. The average molecular weight is 205 g/mol. The molecule has 6 nitrogen and oxygen atoms in total. The van der Waals surface area contributed by atoms with Gasteiger partial charge < -0.3 is 10.8 Å². The Morgan fingerprint density at radius 1 is 1.53 bits per heavy atom. The van der Waals surface area contributed by atoms with E-state index in [1.54, 1.807) is 0 Å². The van der Waals surface area contributed by atoms with Crippen molar-refractivity contribution in [2.45, 2.75) is 0 Å². The lowest BCUT2D eigenvalue weighted by Gasteiger charge is -2.01. The topological polar surface area (TPSA) is 97.7 Å². The van der Waals surface area contributed by atoms with Crippen molar-refractivity contribution in [2.24, 2.45) is 0 Å². The summed E-state index contributed by atoms with van der Waals surface area (Å²) in [6.45, 7) is 0. The number of rotatable bonds is 1. The lowest BCUT2D eigenvalue weighted by Crippen LogP contribution is -2.18. The highest BCUT2D eigenvalue weighted by molar-refractivity contribution is 5.88. The molecule has 15 heavy (non-hydrogen) atoms. The number of pyridine rings is 1. The monoisotopic (exact) mass is 205 g/mol. The summed E-state index contributed by atoms with van der Waals surface area (Å²) in [6.07, 6.45) is 2.55. The Bertz CT molecular complexity index is 603. The van der Waals surface area contributed by atoms with E-state index >= 15 is 0 Å². The van der Waals surface area contributed by atoms with E-state index in [4.69, 9.17) is 10.8 Å². The molecule has 0 saturated carbocycles. The third kappa shape index (κ3) is 1.41. The summed E-state index contributed by atoms with van der Waals surface area (Å²) in [7, 11) is 0. The van der Waals surface area contributed by atoms with Gasteiger partial charge in [-0.05, 0) is 12.1 Å². The fourth-order valence-electron chi connectivity index (χ4n) is 1.22. The third-order valence-corrected chi connectivity index (χ3v) is 1.98. The van der Waals surface area contributed by atoms with E-state index in [9.17, 15) is 9.59 Å². The number of carboxylic acid groups (broad SMARTS) is 1. The standard InChI is InChI=1S/C9H7N3O3/c10-6-4-11-7-3-5(9(14)15)1-2-12(7)8(6)13/h1-4H,10H2,(H,14,15). The molecule has 76 valence electrons. The summed E-state index contributed by atoms with van der Waals surface area (Å²) in [4.78, 5) is 26.0. The third-order valence-electron chi connectivity index (χ3n) is 1.98. The Kier molecular flexibility index (Phi) is 1.89. The van der Waals surface area contributed by atoms with Crippen molar-refractivity contribution < 1.29 is 9.90 Å². The van der Waals surface area contributed by atoms with Crippen molar-refractivity contribution in [1.82, 2.24) is 9.38 Å². The largest absolute Gasteiger partial charge is 0.478 e. The zero-order chi connectivity index (χ0) is 11.0. The van der Waals surface area contributed by atoms with Crippen LogP contribution >= 0.6 is 0 Å². The van der Waals surface area contributed by atoms with Gasteiger partial charge in [0.05, 0.1) is 11.8 Å². The van der Waals surface area contributed by atoms with Gasteiger partial charge in [-0.1, -0.05) is 0 Å². The van der Waals surface area contributed by atoms with Gasteiger partial charge in [0.2, 0.25) is 0 Å². The van der Waals surface area contributed by atoms with E-state index in [0.717, 1.165) is 0 Å². The minimum atomic E-state index is -1.07. The van der Waals surface area contributed by atoms with Crippen molar-refractivity contribution in [3.8, 4) is 0 Å². The lowest BCUT2D eigenvalue weighted by molar-refractivity contribution is 0.0697. The Balaban J connectivity index is 2.81. The average Bonchev–Trinajstić information content (AvgIpc) is 2.23. The van der Waals surface area contributed by atoms with Crippen LogP contribution in [-0.4, -0.2) is 20.5 Å². The molecule has 0 aliphatic rings. The molecule has 0 atom stereocenters. The molecule has 6 heteroatoms. The van der Waals surface area contributed by atoms with E-state index in [-0.39, 0.29) is 16.9 Å². The van der Waals surface area contributed by atoms with Crippen LogP contribution in [0.15, 0.2) is 29.3 Å². The molecule has 2 aromatic heterocycles. The fraction of sp³-hybridized carbons (Fsp3) is 0. The van der Waals surface area contributed by atoms with Gasteiger partial charge >= 0.3 is 5.97 Å². The van der Waals surface area contributed by atoms with Crippen molar-refractivity contribution >= 4 is 17.3 Å². The van der Waals surface area contributed by atoms with Crippen LogP contribution in [0.4, 0.5) is 5.69 Å². The Hall–Kier alpha value is -2.37. The summed E-state index contributed by atoms with van der Waals surface area (Å²) in [6, 6.07) is 2.63. The molecule has 0 amide bonds. The molecule has 2 heterocycles. The van der Waals surface area contributed by atoms with Gasteiger partial charge in [0.1, 0.15) is 11.3 Å². The molecule has 2 rings (SSSR count). The number of carbonyl (C=O) groups is 1. The minimum absolute atomic E-state index is 0.0237. The van der Waals surface area contributed by atoms with Crippen LogP contribution in [0.5, 0.6) is 0 Å². The Morgan fingerprint density at radius 3 is 2.93 bits per heavy atom. The van der Waals surface area contributed by atoms with Crippen LogP contribution in [0.1, 0.15) is 10.4 Å². The van der Waals surface area contributed by atoms with Gasteiger partial charge in [0.15, 0.2) is 0 Å². The molecule has 0 aliphatic heterocycles. The summed E-state index contributed by atoms with van der Waals surface area (Å²) in [5.74, 6) is -1.07. The van der Waals surface area contributed by atoms with Gasteiger partial charge in [-0.15, -0.1) is 0 Å². The van der Waals surface area contributed by atoms with E-state index in [1.165, 1.54) is 28.9 Å². The number of carboxylic acids is 1. The van der Waals surface area contributed by atoms with Crippen LogP contribution in [0, 0.1) is 0 Å². The smallest absolute Gasteiger partial charge is 0.335 e. The lowest BCUT2D eigenvalue weighted by atomic mass is 10.2. The van der Waals surface area contributed by atoms with Crippen molar-refractivity contribution in [2.75, 3.05) is 5.73 Å². The van der Waals surface area contributed by atoms with Gasteiger partial charge in [-0.25, -0.2) is 9.78 Å². The second-order valence-corrected chi connectivity index (χ2v) is 2.97. The molecule has 2 aromatic rings. The maximum Gasteiger partial charge on any atom is 0.335 e. The molecule has 0 aromatic carbocycles. The molecule has 0 aliphatic carbocycles. The van der Waals surface area contributed by atoms with Crippen LogP contribution in [-0.2, 0) is 0 Å². The molecule has 3 N–H and O–H groups in total. The summed E-state index contributed by atoms with van der Waals surface area (Å²) < 4.78 is 1.20. The van der Waals surface area contributed by atoms with Crippen LogP contribution < -0.4 is 11.3 Å². The molecule has 0 spiro atoms. The van der Waals surface area contributed by atoms with Crippen LogP contribution in [0.3, 0.4) is 0 Å². The van der Waals surface area contributed by atoms with Crippen molar-refractivity contribution in [3.63, 3.8) is 0 Å². The number of fused-ring (bicyclic) bond motifs is 1. The second-order valence-electron chi connectivity index (χ2n) is 2.97. The normalized spacial score (nSPS) is 10.4. The zero-order valence-corrected chi connectivity index (χ0v) is 7.54. The number of nitrogens with zero attached hydrogens (tertiary/aromatic N) is 2. The number of hydrogen-bond acceptors (Lipinski definition) is 4. The van der Waals surface area contributed by atoms with Crippen molar-refractivity contribution in [1.29, 1.82) is 0 Å². The molecular formula is C9H7N3O3. The zero-order valence-electron chi connectivity index (χ0n) is 7.54. The highest BCUT2D eigenvalue weighted by Gasteiger charge is 2.06. The number of aromatic nitrogens is 2. The molecule has 0 bridgehead atoms. The molecular weight excluding hydrogens is 198 g/mol. The second kappa shape index (κ2) is 3.09. The first-order valence-electron chi connectivity index (χ1n) is 4.10. The van der Waals surface area contributed by atoms with Gasteiger partial charge in [0.25, 0.3) is 5.56 Å². The minimum Gasteiger partial charge on any atom is -0.478 e. The van der Waals surface area contributed by atoms with Crippen LogP contribution in [0.25, 0.3) is 5.65 Å². The van der Waals surface area contributed by atoms with E-state index in [0.29, 0.717) is 0 Å². The van der Waals surface area contributed by atoms with Gasteiger partial charge in [-0.3, -0.25) is 9.20 Å². The summed E-state index contributed by atoms with van der Waals surface area (Å²) >= 11 is 0. The predicted molar refractivity (Wildman–Crippen MR) is 52.8 cm³/mol. The maximum absolute atomic E-state index is 11.5. The highest BCUT2D eigenvalue weighted by Crippen LogP contribution is 2.04. The first-order chi connectivity index (χ1) is 7.09. The first kappa shape index (κ1) is 9.20. The van der Waals surface area contributed by atoms with Crippen LogP contribution in [0.2, 0.25) is 0 Å². The maximum atomic E-state index is 11.5. The molecule has 0 unspecified atom stereocenters. The number of anilines is 1. The first-order valence-corrected chi connectivity index (χ1v) is 4.10.